The summed E-state index contributed by atoms with van der Waals surface area (Å²) in [4.78, 5) is 2.53. The van der Waals surface area contributed by atoms with Crippen LogP contribution >= 0.6 is 23.2 Å². The van der Waals surface area contributed by atoms with Crippen molar-refractivity contribution in [3.63, 3.8) is 0 Å². The van der Waals surface area contributed by atoms with E-state index in [4.69, 9.17) is 23.2 Å². The zero-order valence-corrected chi connectivity index (χ0v) is 12.0. The minimum absolute atomic E-state index is 0.496. The summed E-state index contributed by atoms with van der Waals surface area (Å²) in [6.07, 6.45) is 5.04. The smallest absolute Gasteiger partial charge is 0.0721 e. The fraction of sp³-hybridized carbons (Fsp3) is 0.571. The molecule has 18 heavy (non-hydrogen) atoms. The van der Waals surface area contributed by atoms with Gasteiger partial charge in [0, 0.05) is 18.1 Å². The molecule has 2 fully saturated rings. The van der Waals surface area contributed by atoms with E-state index in [0.717, 1.165) is 17.8 Å². The summed E-state index contributed by atoms with van der Waals surface area (Å²) in [6.45, 7) is 0. The maximum Gasteiger partial charge on any atom is 0.0721 e. The van der Waals surface area contributed by atoms with Crippen LogP contribution in [-0.2, 0) is 0 Å². The van der Waals surface area contributed by atoms with Gasteiger partial charge in [-0.25, -0.2) is 0 Å². The van der Waals surface area contributed by atoms with Crippen LogP contribution in [0.1, 0.15) is 25.7 Å². The molecule has 4 heteroatoms. The Bertz CT molecular complexity index is 415. The number of halogens is 2. The predicted molar refractivity (Wildman–Crippen MR) is 77.7 cm³/mol. The van der Waals surface area contributed by atoms with Gasteiger partial charge in [-0.05, 0) is 44.9 Å². The molecular formula is C14H18Cl2N2. The highest BCUT2D eigenvalue weighted by Crippen LogP contribution is 2.37. The lowest BCUT2D eigenvalue weighted by molar-refractivity contribution is 0.169. The fourth-order valence-electron chi connectivity index (χ4n) is 3.37. The third-order valence-corrected chi connectivity index (χ3v) is 5.04. The molecule has 2 aliphatic heterocycles. The number of rotatable bonds is 2. The highest BCUT2D eigenvalue weighted by atomic mass is 35.5. The van der Waals surface area contributed by atoms with Crippen LogP contribution in [0.25, 0.3) is 0 Å². The Labute approximate surface area is 118 Å². The normalized spacial score (nSPS) is 31.6. The van der Waals surface area contributed by atoms with Crippen LogP contribution < -0.4 is 5.32 Å². The van der Waals surface area contributed by atoms with E-state index in [2.05, 4.69) is 17.3 Å². The van der Waals surface area contributed by atoms with Gasteiger partial charge in [0.2, 0.25) is 0 Å². The van der Waals surface area contributed by atoms with E-state index in [9.17, 15) is 0 Å². The number of benzene rings is 1. The number of piperidine rings is 1. The molecule has 0 spiro atoms. The Hall–Kier alpha value is -0.440. The van der Waals surface area contributed by atoms with Crippen molar-refractivity contribution in [3.8, 4) is 0 Å². The van der Waals surface area contributed by atoms with Crippen molar-refractivity contribution in [1.29, 1.82) is 0 Å². The van der Waals surface area contributed by atoms with Gasteiger partial charge in [-0.1, -0.05) is 29.3 Å². The maximum atomic E-state index is 6.21. The summed E-state index contributed by atoms with van der Waals surface area (Å²) in [7, 11) is 2.25. The van der Waals surface area contributed by atoms with Crippen LogP contribution in [0.15, 0.2) is 18.2 Å². The van der Waals surface area contributed by atoms with Crippen LogP contribution in [0.2, 0.25) is 10.0 Å². The Morgan fingerprint density at radius 1 is 1.11 bits per heavy atom. The van der Waals surface area contributed by atoms with Gasteiger partial charge in [0.05, 0.1) is 15.7 Å². The topological polar surface area (TPSA) is 15.3 Å². The van der Waals surface area contributed by atoms with Crippen molar-refractivity contribution in [1.82, 2.24) is 4.90 Å². The zero-order valence-electron chi connectivity index (χ0n) is 10.5. The Kier molecular flexibility index (Phi) is 3.44. The number of hydrogen-bond donors (Lipinski definition) is 1. The Morgan fingerprint density at radius 3 is 2.22 bits per heavy atom. The number of anilines is 1. The van der Waals surface area contributed by atoms with E-state index in [1.165, 1.54) is 25.7 Å². The van der Waals surface area contributed by atoms with Crippen molar-refractivity contribution in [2.75, 3.05) is 12.4 Å². The maximum absolute atomic E-state index is 6.21. The molecule has 98 valence electrons. The summed E-state index contributed by atoms with van der Waals surface area (Å²) in [5.41, 5.74) is 0.898. The van der Waals surface area contributed by atoms with E-state index in [0.29, 0.717) is 16.1 Å². The first kappa shape index (κ1) is 12.6. The van der Waals surface area contributed by atoms with E-state index in [1.54, 1.807) is 0 Å². The average Bonchev–Trinajstić information content (AvgIpc) is 2.58. The third-order valence-electron chi connectivity index (χ3n) is 4.41. The first-order valence-corrected chi connectivity index (χ1v) is 7.33. The van der Waals surface area contributed by atoms with Crippen LogP contribution in [0.3, 0.4) is 0 Å². The SMILES string of the molecule is CN1C2CCC1CC(Nc1c(Cl)cccc1Cl)C2. The van der Waals surface area contributed by atoms with Gasteiger partial charge >= 0.3 is 0 Å². The van der Waals surface area contributed by atoms with Gasteiger partial charge in [-0.15, -0.1) is 0 Å². The number of nitrogens with one attached hydrogen (secondary N) is 1. The lowest BCUT2D eigenvalue weighted by atomic mass is 9.98. The molecule has 2 unspecified atom stereocenters. The first-order chi connectivity index (χ1) is 8.65. The van der Waals surface area contributed by atoms with Crippen molar-refractivity contribution in [2.45, 2.75) is 43.8 Å². The largest absolute Gasteiger partial charge is 0.380 e. The lowest BCUT2D eigenvalue weighted by Gasteiger charge is -2.37. The molecule has 1 aromatic rings. The summed E-state index contributed by atoms with van der Waals surface area (Å²) in [6, 6.07) is 7.61. The van der Waals surface area contributed by atoms with Gasteiger partial charge < -0.3 is 10.2 Å². The highest BCUT2D eigenvalue weighted by Gasteiger charge is 2.38. The van der Waals surface area contributed by atoms with Crippen molar-refractivity contribution in [2.24, 2.45) is 0 Å². The molecule has 0 aliphatic carbocycles. The minimum Gasteiger partial charge on any atom is -0.380 e. The lowest BCUT2D eigenvalue weighted by Crippen LogP contribution is -2.44. The molecule has 0 aromatic heterocycles. The second-order valence-corrected chi connectivity index (χ2v) is 6.27. The van der Waals surface area contributed by atoms with E-state index in [1.807, 2.05) is 18.2 Å². The van der Waals surface area contributed by atoms with E-state index < -0.39 is 0 Å². The summed E-state index contributed by atoms with van der Waals surface area (Å²) in [5.74, 6) is 0. The number of hydrogen-bond acceptors (Lipinski definition) is 2. The molecular weight excluding hydrogens is 267 g/mol. The van der Waals surface area contributed by atoms with Crippen molar-refractivity contribution >= 4 is 28.9 Å². The minimum atomic E-state index is 0.496. The molecule has 2 bridgehead atoms. The second-order valence-electron chi connectivity index (χ2n) is 5.46. The van der Waals surface area contributed by atoms with Crippen molar-refractivity contribution < 1.29 is 0 Å². The van der Waals surface area contributed by atoms with E-state index >= 15 is 0 Å². The highest BCUT2D eigenvalue weighted by molar-refractivity contribution is 6.39. The second kappa shape index (κ2) is 4.92. The molecule has 1 N–H and O–H groups in total. The van der Waals surface area contributed by atoms with Crippen LogP contribution in [-0.4, -0.2) is 30.1 Å². The monoisotopic (exact) mass is 284 g/mol. The first-order valence-electron chi connectivity index (χ1n) is 6.57. The molecule has 2 heterocycles. The molecule has 0 saturated carbocycles. The summed E-state index contributed by atoms with van der Waals surface area (Å²) >= 11 is 12.4. The van der Waals surface area contributed by atoms with Gasteiger partial charge in [-0.3, -0.25) is 0 Å². The van der Waals surface area contributed by atoms with Gasteiger partial charge in [0.15, 0.2) is 0 Å². The molecule has 2 atom stereocenters. The number of para-hydroxylation sites is 1. The molecule has 0 radical (unpaired) electrons. The standard InChI is InChI=1S/C14H18Cl2N2/c1-18-10-5-6-11(18)8-9(7-10)17-14-12(15)3-2-4-13(14)16/h2-4,9-11,17H,5-8H2,1H3. The van der Waals surface area contributed by atoms with Crippen LogP contribution in [0.4, 0.5) is 5.69 Å². The fourth-order valence-corrected chi connectivity index (χ4v) is 3.88. The van der Waals surface area contributed by atoms with Gasteiger partial charge in [-0.2, -0.15) is 0 Å². The molecule has 2 aliphatic rings. The number of nitrogens with zero attached hydrogens (tertiary/aromatic N) is 1. The molecule has 0 amide bonds. The molecule has 2 saturated heterocycles. The van der Waals surface area contributed by atoms with Crippen molar-refractivity contribution in [3.05, 3.63) is 28.2 Å². The van der Waals surface area contributed by atoms with Crippen LogP contribution in [0, 0.1) is 0 Å². The summed E-state index contributed by atoms with van der Waals surface area (Å²) < 4.78 is 0. The molecule has 3 rings (SSSR count). The average molecular weight is 285 g/mol. The number of fused-ring (bicyclic) bond motifs is 2. The Balaban J connectivity index is 1.74. The van der Waals surface area contributed by atoms with Gasteiger partial charge in [0.1, 0.15) is 0 Å². The summed E-state index contributed by atoms with van der Waals surface area (Å²) in [5, 5.41) is 4.98. The predicted octanol–water partition coefficient (Wildman–Crippen LogP) is 4.03. The molecule has 1 aromatic carbocycles. The zero-order chi connectivity index (χ0) is 12.7. The third kappa shape index (κ3) is 2.22. The quantitative estimate of drug-likeness (QED) is 0.882. The van der Waals surface area contributed by atoms with Gasteiger partial charge in [0.25, 0.3) is 0 Å². The molecule has 2 nitrogen and oxygen atoms in total. The van der Waals surface area contributed by atoms with Crippen LogP contribution in [0.5, 0.6) is 0 Å². The van der Waals surface area contributed by atoms with E-state index in [-0.39, 0.29) is 0 Å². The Morgan fingerprint density at radius 2 is 1.67 bits per heavy atom.